The molecule has 0 spiro atoms. The highest BCUT2D eigenvalue weighted by molar-refractivity contribution is 5.37. The van der Waals surface area contributed by atoms with Gasteiger partial charge in [0, 0.05) is 25.8 Å². The molecule has 0 saturated carbocycles. The van der Waals surface area contributed by atoms with Crippen molar-refractivity contribution in [3.63, 3.8) is 0 Å². The van der Waals surface area contributed by atoms with Crippen molar-refractivity contribution in [1.29, 1.82) is 0 Å². The Labute approximate surface area is 104 Å². The fraction of sp³-hybridized carbons (Fsp3) is 0.615. The minimum absolute atomic E-state index is 0.229. The molecule has 0 amide bonds. The smallest absolute Gasteiger partial charge is 0.126 e. The van der Waals surface area contributed by atoms with Crippen LogP contribution in [0.3, 0.4) is 0 Å². The van der Waals surface area contributed by atoms with Crippen LogP contribution in [0.4, 0.5) is 5.82 Å². The van der Waals surface area contributed by atoms with E-state index in [1.807, 2.05) is 19.2 Å². The minimum atomic E-state index is -0.229. The van der Waals surface area contributed by atoms with Gasteiger partial charge in [0.1, 0.15) is 5.82 Å². The first-order valence-corrected chi connectivity index (χ1v) is 6.17. The summed E-state index contributed by atoms with van der Waals surface area (Å²) in [5.74, 6) is 0.925. The zero-order valence-corrected chi connectivity index (χ0v) is 11.0. The first-order valence-electron chi connectivity index (χ1n) is 6.17. The molecule has 0 aliphatic heterocycles. The van der Waals surface area contributed by atoms with Gasteiger partial charge in [0.2, 0.25) is 0 Å². The van der Waals surface area contributed by atoms with Gasteiger partial charge in [-0.3, -0.25) is 0 Å². The van der Waals surface area contributed by atoms with Crippen LogP contribution in [0.2, 0.25) is 0 Å². The molecule has 0 aromatic carbocycles. The molecule has 1 rings (SSSR count). The van der Waals surface area contributed by atoms with E-state index in [9.17, 15) is 5.11 Å². The summed E-state index contributed by atoms with van der Waals surface area (Å²) >= 11 is 0. The summed E-state index contributed by atoms with van der Waals surface area (Å²) < 4.78 is 0. The van der Waals surface area contributed by atoms with Crippen molar-refractivity contribution < 1.29 is 5.11 Å². The van der Waals surface area contributed by atoms with Gasteiger partial charge in [-0.1, -0.05) is 0 Å². The maximum Gasteiger partial charge on any atom is 0.126 e. The van der Waals surface area contributed by atoms with Crippen LogP contribution in [-0.4, -0.2) is 41.2 Å². The molecule has 0 radical (unpaired) electrons. The van der Waals surface area contributed by atoms with Gasteiger partial charge in [0.05, 0.1) is 6.10 Å². The van der Waals surface area contributed by atoms with E-state index in [0.29, 0.717) is 0 Å². The molecule has 0 aliphatic carbocycles. The van der Waals surface area contributed by atoms with E-state index in [2.05, 4.69) is 35.2 Å². The maximum atomic E-state index is 9.23. The zero-order valence-electron chi connectivity index (χ0n) is 11.0. The first-order chi connectivity index (χ1) is 8.11. The summed E-state index contributed by atoms with van der Waals surface area (Å²) in [6.07, 6.45) is 2.41. The van der Waals surface area contributed by atoms with E-state index in [1.54, 1.807) is 0 Å². The molecule has 2 N–H and O–H groups in total. The Hall–Kier alpha value is -1.13. The molecule has 17 heavy (non-hydrogen) atoms. The van der Waals surface area contributed by atoms with Gasteiger partial charge in [-0.05, 0) is 45.0 Å². The third-order valence-corrected chi connectivity index (χ3v) is 2.56. The second-order valence-electron chi connectivity index (χ2n) is 4.46. The summed E-state index contributed by atoms with van der Waals surface area (Å²) in [5.41, 5.74) is 1.24. The van der Waals surface area contributed by atoms with Crippen LogP contribution in [0.25, 0.3) is 0 Å². The zero-order chi connectivity index (χ0) is 12.7. The lowest BCUT2D eigenvalue weighted by molar-refractivity contribution is 0.163. The summed E-state index contributed by atoms with van der Waals surface area (Å²) in [4.78, 5) is 6.45. The number of rotatable bonds is 7. The van der Waals surface area contributed by atoms with Gasteiger partial charge in [0.25, 0.3) is 0 Å². The Kier molecular flexibility index (Phi) is 5.94. The lowest BCUT2D eigenvalue weighted by Gasteiger charge is -2.17. The quantitative estimate of drug-likeness (QED) is 0.758. The Morgan fingerprint density at radius 2 is 2.29 bits per heavy atom. The van der Waals surface area contributed by atoms with Crippen LogP contribution in [0, 0.1) is 0 Å². The van der Waals surface area contributed by atoms with E-state index >= 15 is 0 Å². The van der Waals surface area contributed by atoms with Crippen molar-refractivity contribution in [1.82, 2.24) is 9.88 Å². The van der Waals surface area contributed by atoms with Crippen molar-refractivity contribution in [2.24, 2.45) is 0 Å². The maximum absolute atomic E-state index is 9.23. The van der Waals surface area contributed by atoms with Crippen molar-refractivity contribution in [3.05, 3.63) is 23.9 Å². The van der Waals surface area contributed by atoms with Crippen molar-refractivity contribution >= 4 is 5.82 Å². The van der Waals surface area contributed by atoms with Crippen molar-refractivity contribution in [3.8, 4) is 0 Å². The molecular formula is C13H23N3O. The number of pyridine rings is 1. The average Bonchev–Trinajstić information content (AvgIpc) is 2.27. The molecule has 4 heteroatoms. The second kappa shape index (κ2) is 7.25. The van der Waals surface area contributed by atoms with Crippen LogP contribution >= 0.6 is 0 Å². The van der Waals surface area contributed by atoms with E-state index in [1.165, 1.54) is 5.56 Å². The average molecular weight is 237 g/mol. The minimum Gasteiger partial charge on any atom is -0.393 e. The van der Waals surface area contributed by atoms with Crippen LogP contribution in [0.1, 0.15) is 25.8 Å². The van der Waals surface area contributed by atoms with Gasteiger partial charge in [0.15, 0.2) is 0 Å². The molecule has 1 aromatic rings. The topological polar surface area (TPSA) is 48.4 Å². The lowest BCUT2D eigenvalue weighted by atomic mass is 10.2. The number of nitrogens with one attached hydrogen (secondary N) is 1. The molecule has 1 unspecified atom stereocenters. The first kappa shape index (κ1) is 13.9. The Balaban J connectivity index is 2.46. The predicted molar refractivity (Wildman–Crippen MR) is 71.0 cm³/mol. The number of aliphatic hydroxyl groups is 1. The van der Waals surface area contributed by atoms with E-state index in [4.69, 9.17) is 0 Å². The highest BCUT2D eigenvalue weighted by atomic mass is 16.3. The van der Waals surface area contributed by atoms with E-state index in [0.717, 1.165) is 31.9 Å². The molecule has 0 bridgehead atoms. The van der Waals surface area contributed by atoms with Gasteiger partial charge in [-0.25, -0.2) is 4.98 Å². The molecule has 1 heterocycles. The molecule has 0 saturated heterocycles. The second-order valence-corrected chi connectivity index (χ2v) is 4.46. The van der Waals surface area contributed by atoms with Crippen LogP contribution in [0.15, 0.2) is 18.3 Å². The Bertz CT molecular complexity index is 328. The van der Waals surface area contributed by atoms with Crippen LogP contribution in [0.5, 0.6) is 0 Å². The van der Waals surface area contributed by atoms with Crippen LogP contribution in [-0.2, 0) is 6.54 Å². The SMILES string of the molecule is CCNc1cc(CN(C)CCC(C)O)ccn1. The summed E-state index contributed by atoms with van der Waals surface area (Å²) in [7, 11) is 2.07. The van der Waals surface area contributed by atoms with Gasteiger partial charge >= 0.3 is 0 Å². The monoisotopic (exact) mass is 237 g/mol. The number of nitrogens with zero attached hydrogens (tertiary/aromatic N) is 2. The predicted octanol–water partition coefficient (Wildman–Crippen LogP) is 1.72. The third-order valence-electron chi connectivity index (χ3n) is 2.56. The molecule has 1 atom stereocenters. The molecule has 4 nitrogen and oxygen atoms in total. The van der Waals surface area contributed by atoms with E-state index < -0.39 is 0 Å². The fourth-order valence-electron chi connectivity index (χ4n) is 1.65. The van der Waals surface area contributed by atoms with E-state index in [-0.39, 0.29) is 6.10 Å². The number of hydrogen-bond donors (Lipinski definition) is 2. The number of aromatic nitrogens is 1. The molecular weight excluding hydrogens is 214 g/mol. The number of anilines is 1. The largest absolute Gasteiger partial charge is 0.393 e. The summed E-state index contributed by atoms with van der Waals surface area (Å²) in [6, 6.07) is 4.10. The van der Waals surface area contributed by atoms with Crippen molar-refractivity contribution in [2.75, 3.05) is 25.5 Å². The van der Waals surface area contributed by atoms with Gasteiger partial charge in [-0.2, -0.15) is 0 Å². The van der Waals surface area contributed by atoms with Crippen molar-refractivity contribution in [2.45, 2.75) is 32.9 Å². The fourth-order valence-corrected chi connectivity index (χ4v) is 1.65. The lowest BCUT2D eigenvalue weighted by Crippen LogP contribution is -2.22. The number of hydrogen-bond acceptors (Lipinski definition) is 4. The Morgan fingerprint density at radius 3 is 2.94 bits per heavy atom. The molecule has 0 aliphatic rings. The summed E-state index contributed by atoms with van der Waals surface area (Å²) in [6.45, 7) is 6.55. The van der Waals surface area contributed by atoms with Gasteiger partial charge < -0.3 is 15.3 Å². The normalized spacial score (nSPS) is 12.8. The highest BCUT2D eigenvalue weighted by Crippen LogP contribution is 2.09. The summed E-state index contributed by atoms with van der Waals surface area (Å²) in [5, 5.41) is 12.4. The third kappa shape index (κ3) is 5.65. The van der Waals surface area contributed by atoms with Gasteiger partial charge in [-0.15, -0.1) is 0 Å². The molecule has 0 fully saturated rings. The van der Waals surface area contributed by atoms with Crippen LogP contribution < -0.4 is 5.32 Å². The highest BCUT2D eigenvalue weighted by Gasteiger charge is 2.03. The Morgan fingerprint density at radius 1 is 1.53 bits per heavy atom. The molecule has 96 valence electrons. The molecule has 1 aromatic heterocycles. The number of aliphatic hydroxyl groups excluding tert-OH is 1. The standard InChI is InChI=1S/C13H23N3O/c1-4-14-13-9-12(5-7-15-13)10-16(3)8-6-11(2)17/h5,7,9,11,17H,4,6,8,10H2,1-3H3,(H,14,15).